The largest absolute Gasteiger partial charge is 0.497 e. The average molecular weight is 539 g/mol. The van der Waals surface area contributed by atoms with E-state index in [1.807, 2.05) is 24.3 Å². The lowest BCUT2D eigenvalue weighted by Crippen LogP contribution is -2.49. The molecule has 0 aliphatic rings. The molecule has 5 nitrogen and oxygen atoms in total. The van der Waals surface area contributed by atoms with Crippen molar-refractivity contribution in [3.63, 3.8) is 0 Å². The van der Waals surface area contributed by atoms with Gasteiger partial charge in [-0.25, -0.2) is 0 Å². The Morgan fingerprint density at radius 2 is 1.42 bits per heavy atom. The van der Waals surface area contributed by atoms with Gasteiger partial charge in [-0.15, -0.1) is 0 Å². The van der Waals surface area contributed by atoms with Crippen molar-refractivity contribution >= 4 is 22.9 Å². The molecule has 0 bridgehead atoms. The average Bonchev–Trinajstić information content (AvgIpc) is 2.76. The van der Waals surface area contributed by atoms with Gasteiger partial charge in [0.25, 0.3) is 0 Å². The predicted octanol–water partition coefficient (Wildman–Crippen LogP) is 7.85. The van der Waals surface area contributed by atoms with E-state index in [-0.39, 0.29) is 28.0 Å². The van der Waals surface area contributed by atoms with Crippen molar-refractivity contribution in [3.8, 4) is 5.75 Å². The van der Waals surface area contributed by atoms with Crippen LogP contribution in [0.5, 0.6) is 5.75 Å². The van der Waals surface area contributed by atoms with Crippen molar-refractivity contribution in [1.82, 2.24) is 0 Å². The van der Waals surface area contributed by atoms with Gasteiger partial charge in [-0.3, -0.25) is 0 Å². The summed E-state index contributed by atoms with van der Waals surface area (Å²) in [5.74, 6) is 0.940. The van der Waals surface area contributed by atoms with Crippen LogP contribution in [0.15, 0.2) is 24.3 Å². The molecule has 0 N–H and O–H groups in total. The van der Waals surface area contributed by atoms with Crippen molar-refractivity contribution < 1.29 is 23.1 Å². The molecule has 1 aromatic carbocycles. The minimum absolute atomic E-state index is 0.0239. The molecule has 0 radical (unpaired) electrons. The summed E-state index contributed by atoms with van der Waals surface area (Å²) in [6, 6.07) is 7.94. The van der Waals surface area contributed by atoms with E-state index in [2.05, 4.69) is 81.6 Å². The van der Waals surface area contributed by atoms with Crippen molar-refractivity contribution in [2.24, 2.45) is 11.8 Å². The second-order valence-corrected chi connectivity index (χ2v) is 22.9. The number of aldehydes is 1. The SMILES string of the molecule is COc1ccc(CO[C@@H]([C@@H](C)[C@@H](C=O)O[Si](C)(C)C(C)(C)C)[C@H](C)CCO[Si](C)(C)C(C)(C)C)cc1. The molecule has 0 heterocycles. The highest BCUT2D eigenvalue weighted by Gasteiger charge is 2.42. The highest BCUT2D eigenvalue weighted by molar-refractivity contribution is 6.74. The van der Waals surface area contributed by atoms with Gasteiger partial charge in [0.1, 0.15) is 18.1 Å². The lowest BCUT2D eigenvalue weighted by Gasteiger charge is -2.41. The summed E-state index contributed by atoms with van der Waals surface area (Å²) in [5, 5.41) is 0.198. The molecule has 0 spiro atoms. The summed E-state index contributed by atoms with van der Waals surface area (Å²) in [7, 11) is -2.28. The summed E-state index contributed by atoms with van der Waals surface area (Å²) in [4.78, 5) is 12.3. The van der Waals surface area contributed by atoms with Crippen LogP contribution in [0.25, 0.3) is 0 Å². The van der Waals surface area contributed by atoms with Gasteiger partial charge in [0, 0.05) is 12.5 Å². The van der Waals surface area contributed by atoms with Crippen molar-refractivity contribution in [3.05, 3.63) is 29.8 Å². The molecule has 0 aliphatic carbocycles. The van der Waals surface area contributed by atoms with Crippen LogP contribution in [0, 0.1) is 11.8 Å². The standard InChI is InChI=1S/C29H54O5Si2/c1-22(18-19-33-35(10,11)28(3,4)5)27(32-21-24-14-16-25(31-9)17-15-24)23(2)26(20-30)34-36(12,13)29(6,7)8/h14-17,20,22-23,26-27H,18-19,21H2,1-13H3/t22-,23+,26-,27-/m1/s1. The fourth-order valence-corrected chi connectivity index (χ4v) is 5.96. The first-order valence-electron chi connectivity index (χ1n) is 13.4. The Balaban J connectivity index is 3.07. The zero-order valence-electron chi connectivity index (χ0n) is 25.4. The van der Waals surface area contributed by atoms with Gasteiger partial charge in [0.2, 0.25) is 0 Å². The van der Waals surface area contributed by atoms with Gasteiger partial charge < -0.3 is 23.1 Å². The van der Waals surface area contributed by atoms with Gasteiger partial charge >= 0.3 is 0 Å². The normalized spacial score (nSPS) is 16.8. The molecule has 0 aromatic heterocycles. The Bertz CT molecular complexity index is 793. The summed E-state index contributed by atoms with van der Waals surface area (Å²) in [5.41, 5.74) is 1.07. The smallest absolute Gasteiger partial charge is 0.193 e. The van der Waals surface area contributed by atoms with Gasteiger partial charge in [-0.1, -0.05) is 67.5 Å². The van der Waals surface area contributed by atoms with Crippen LogP contribution in [0.3, 0.4) is 0 Å². The minimum Gasteiger partial charge on any atom is -0.497 e. The van der Waals surface area contributed by atoms with Gasteiger partial charge in [0.05, 0.1) is 19.8 Å². The quantitative estimate of drug-likeness (QED) is 0.178. The summed E-state index contributed by atoms with van der Waals surface area (Å²) < 4.78 is 24.9. The number of hydrogen-bond donors (Lipinski definition) is 0. The molecule has 0 aliphatic heterocycles. The molecule has 0 unspecified atom stereocenters. The molecular weight excluding hydrogens is 484 g/mol. The van der Waals surface area contributed by atoms with Crippen LogP contribution >= 0.6 is 0 Å². The highest BCUT2D eigenvalue weighted by Crippen LogP contribution is 2.39. The van der Waals surface area contributed by atoms with Crippen molar-refractivity contribution in [2.45, 2.75) is 117 Å². The minimum atomic E-state index is -2.12. The van der Waals surface area contributed by atoms with Crippen molar-refractivity contribution in [1.29, 1.82) is 0 Å². The third-order valence-corrected chi connectivity index (χ3v) is 17.4. The number of carbonyl (C=O) groups is 1. The first-order chi connectivity index (χ1) is 16.4. The molecule has 208 valence electrons. The molecule has 1 aromatic rings. The molecule has 4 atom stereocenters. The van der Waals surface area contributed by atoms with E-state index in [0.717, 1.165) is 24.0 Å². The Morgan fingerprint density at radius 3 is 1.86 bits per heavy atom. The van der Waals surface area contributed by atoms with E-state index in [0.29, 0.717) is 13.2 Å². The van der Waals surface area contributed by atoms with Crippen LogP contribution < -0.4 is 4.74 Å². The lowest BCUT2D eigenvalue weighted by atomic mass is 9.88. The second-order valence-electron chi connectivity index (χ2n) is 13.3. The first-order valence-corrected chi connectivity index (χ1v) is 19.2. The predicted molar refractivity (Wildman–Crippen MR) is 156 cm³/mol. The summed E-state index contributed by atoms with van der Waals surface area (Å²) >= 11 is 0. The molecule has 0 saturated heterocycles. The van der Waals surface area contributed by atoms with Gasteiger partial charge in [0.15, 0.2) is 16.6 Å². The maximum atomic E-state index is 12.3. The summed E-state index contributed by atoms with van der Waals surface area (Å²) in [6.07, 6.45) is 1.20. The van der Waals surface area contributed by atoms with Gasteiger partial charge in [-0.05, 0) is 66.3 Å². The number of rotatable bonds is 14. The first kappa shape index (κ1) is 33.0. The molecule has 36 heavy (non-hydrogen) atoms. The van der Waals surface area contributed by atoms with Crippen LogP contribution in [-0.2, 0) is 25.0 Å². The topological polar surface area (TPSA) is 54.0 Å². The number of carbonyl (C=O) groups excluding carboxylic acids is 1. The lowest BCUT2D eigenvalue weighted by molar-refractivity contribution is -0.122. The van der Waals surface area contributed by atoms with Crippen LogP contribution in [0.1, 0.15) is 67.4 Å². The Labute approximate surface area is 223 Å². The molecule has 0 amide bonds. The molecule has 0 saturated carbocycles. The molecular formula is C29H54O5Si2. The van der Waals surface area contributed by atoms with E-state index in [1.54, 1.807) is 7.11 Å². The van der Waals surface area contributed by atoms with E-state index in [9.17, 15) is 4.79 Å². The Morgan fingerprint density at radius 1 is 0.889 bits per heavy atom. The second kappa shape index (κ2) is 13.2. The Kier molecular flexibility index (Phi) is 12.1. The van der Waals surface area contributed by atoms with Gasteiger partial charge in [-0.2, -0.15) is 0 Å². The van der Waals surface area contributed by atoms with E-state index >= 15 is 0 Å². The zero-order valence-corrected chi connectivity index (χ0v) is 27.4. The third kappa shape index (κ3) is 9.39. The highest BCUT2D eigenvalue weighted by atomic mass is 28.4. The number of methoxy groups -OCH3 is 1. The van der Waals surface area contributed by atoms with E-state index in [1.165, 1.54) is 0 Å². The van der Waals surface area contributed by atoms with Crippen LogP contribution in [0.2, 0.25) is 36.3 Å². The van der Waals surface area contributed by atoms with E-state index in [4.69, 9.17) is 18.3 Å². The monoisotopic (exact) mass is 538 g/mol. The molecule has 7 heteroatoms. The Hall–Kier alpha value is -0.996. The van der Waals surface area contributed by atoms with E-state index < -0.39 is 22.7 Å². The zero-order chi connectivity index (χ0) is 27.9. The number of ether oxygens (including phenoxy) is 2. The van der Waals surface area contributed by atoms with Crippen LogP contribution in [0.4, 0.5) is 0 Å². The fraction of sp³-hybridized carbons (Fsp3) is 0.759. The maximum Gasteiger partial charge on any atom is 0.193 e. The number of benzene rings is 1. The van der Waals surface area contributed by atoms with Crippen LogP contribution in [-0.4, -0.2) is 48.8 Å². The fourth-order valence-electron chi connectivity index (χ4n) is 3.59. The summed E-state index contributed by atoms with van der Waals surface area (Å²) in [6.45, 7) is 27.8. The molecule has 0 fully saturated rings. The van der Waals surface area contributed by atoms with Crippen molar-refractivity contribution in [2.75, 3.05) is 13.7 Å². The third-order valence-electron chi connectivity index (χ3n) is 8.41. The molecule has 1 rings (SSSR count). The number of hydrogen-bond acceptors (Lipinski definition) is 5. The maximum absolute atomic E-state index is 12.3.